The second-order valence-electron chi connectivity index (χ2n) is 5.46. The van der Waals surface area contributed by atoms with Crippen molar-refractivity contribution in [2.75, 3.05) is 25.0 Å². The molecule has 0 saturated carbocycles. The molecule has 2 amide bonds. The summed E-state index contributed by atoms with van der Waals surface area (Å²) in [5.41, 5.74) is 1.08. The molecule has 0 saturated heterocycles. The van der Waals surface area contributed by atoms with Gasteiger partial charge in [0.2, 0.25) is 0 Å². The van der Waals surface area contributed by atoms with Gasteiger partial charge in [-0.2, -0.15) is 0 Å². The number of likely N-dealkylation sites (N-methyl/N-ethyl adjacent to an activating group) is 1. The molecule has 5 nitrogen and oxygen atoms in total. The third kappa shape index (κ3) is 5.47. The van der Waals surface area contributed by atoms with Crippen LogP contribution < -0.4 is 10.1 Å². The maximum absolute atomic E-state index is 12.2. The van der Waals surface area contributed by atoms with Crippen LogP contribution in [0.1, 0.15) is 24.2 Å². The molecule has 0 heterocycles. The van der Waals surface area contributed by atoms with Crippen LogP contribution in [0.25, 0.3) is 0 Å². The van der Waals surface area contributed by atoms with Gasteiger partial charge in [0.15, 0.2) is 6.61 Å². The Hall–Kier alpha value is -2.05. The Labute approximate surface area is 166 Å². The average Bonchev–Trinajstić information content (AvgIpc) is 2.62. The second-order valence-corrected chi connectivity index (χ2v) is 6.78. The molecular formula is C19H20BrClN2O3. The number of amides is 2. The van der Waals surface area contributed by atoms with Gasteiger partial charge in [0, 0.05) is 28.8 Å². The maximum atomic E-state index is 12.2. The lowest BCUT2D eigenvalue weighted by Crippen LogP contribution is -2.34. The molecule has 26 heavy (non-hydrogen) atoms. The highest BCUT2D eigenvalue weighted by Crippen LogP contribution is 2.28. The Balaban J connectivity index is 1.99. The van der Waals surface area contributed by atoms with Gasteiger partial charge in [-0.15, -0.1) is 0 Å². The summed E-state index contributed by atoms with van der Waals surface area (Å²) in [4.78, 5) is 25.9. The van der Waals surface area contributed by atoms with Crippen molar-refractivity contribution in [3.63, 3.8) is 0 Å². The maximum Gasteiger partial charge on any atom is 0.260 e. The van der Waals surface area contributed by atoms with Gasteiger partial charge in [-0.05, 0) is 56.3 Å². The lowest BCUT2D eigenvalue weighted by atomic mass is 10.2. The fraction of sp³-hybridized carbons (Fsp3) is 0.263. The predicted molar refractivity (Wildman–Crippen MR) is 107 cm³/mol. The minimum absolute atomic E-state index is 0.0774. The Morgan fingerprint density at radius 2 is 1.77 bits per heavy atom. The van der Waals surface area contributed by atoms with Gasteiger partial charge in [0.25, 0.3) is 11.8 Å². The first-order chi connectivity index (χ1) is 12.4. The van der Waals surface area contributed by atoms with Crippen LogP contribution >= 0.6 is 27.5 Å². The van der Waals surface area contributed by atoms with Crippen molar-refractivity contribution in [1.82, 2.24) is 4.90 Å². The van der Waals surface area contributed by atoms with Crippen molar-refractivity contribution in [3.8, 4) is 5.75 Å². The number of carbonyl (C=O) groups is 2. The van der Waals surface area contributed by atoms with Crippen LogP contribution in [-0.2, 0) is 4.79 Å². The molecule has 0 aromatic heterocycles. The number of nitrogens with one attached hydrogen (secondary N) is 1. The van der Waals surface area contributed by atoms with Gasteiger partial charge >= 0.3 is 0 Å². The van der Waals surface area contributed by atoms with E-state index in [1.807, 2.05) is 13.8 Å². The number of ether oxygens (including phenoxy) is 1. The van der Waals surface area contributed by atoms with Gasteiger partial charge in [-0.25, -0.2) is 0 Å². The molecule has 0 aliphatic carbocycles. The summed E-state index contributed by atoms with van der Waals surface area (Å²) in [6.07, 6.45) is 0. The molecule has 0 radical (unpaired) electrons. The van der Waals surface area contributed by atoms with E-state index in [0.717, 1.165) is 4.47 Å². The molecule has 2 aromatic carbocycles. The van der Waals surface area contributed by atoms with Crippen LogP contribution in [0.2, 0.25) is 5.02 Å². The number of hydrogen-bond acceptors (Lipinski definition) is 3. The largest absolute Gasteiger partial charge is 0.482 e. The fourth-order valence-electron chi connectivity index (χ4n) is 2.31. The molecule has 0 aliphatic heterocycles. The number of benzene rings is 2. The van der Waals surface area contributed by atoms with Crippen LogP contribution in [0.3, 0.4) is 0 Å². The van der Waals surface area contributed by atoms with Crippen LogP contribution in [0.4, 0.5) is 5.69 Å². The van der Waals surface area contributed by atoms with E-state index in [0.29, 0.717) is 35.1 Å². The summed E-state index contributed by atoms with van der Waals surface area (Å²) in [6, 6.07) is 11.9. The monoisotopic (exact) mass is 438 g/mol. The molecule has 0 aliphatic rings. The van der Waals surface area contributed by atoms with E-state index in [1.165, 1.54) is 0 Å². The fourth-order valence-corrected chi connectivity index (χ4v) is 2.81. The molecule has 138 valence electrons. The lowest BCUT2D eigenvalue weighted by Gasteiger charge is -2.19. The molecule has 2 aromatic rings. The zero-order valence-electron chi connectivity index (χ0n) is 14.6. The minimum Gasteiger partial charge on any atom is -0.482 e. The van der Waals surface area contributed by atoms with Crippen molar-refractivity contribution >= 4 is 45.0 Å². The van der Waals surface area contributed by atoms with Crippen LogP contribution in [0, 0.1) is 0 Å². The van der Waals surface area contributed by atoms with E-state index in [-0.39, 0.29) is 18.4 Å². The van der Waals surface area contributed by atoms with Gasteiger partial charge < -0.3 is 15.0 Å². The van der Waals surface area contributed by atoms with Crippen molar-refractivity contribution < 1.29 is 14.3 Å². The molecule has 0 spiro atoms. The van der Waals surface area contributed by atoms with E-state index in [1.54, 1.807) is 47.4 Å². The number of halogens is 2. The summed E-state index contributed by atoms with van der Waals surface area (Å²) in [5, 5.41) is 3.10. The quantitative estimate of drug-likeness (QED) is 0.686. The van der Waals surface area contributed by atoms with Gasteiger partial charge in [-0.1, -0.05) is 27.5 Å². The second kappa shape index (κ2) is 9.59. The van der Waals surface area contributed by atoms with Crippen molar-refractivity contribution in [3.05, 3.63) is 57.5 Å². The number of hydrogen-bond donors (Lipinski definition) is 1. The Bertz CT molecular complexity index is 777. The SMILES string of the molecule is CCN(CC)C(=O)COc1ccc(NC(=O)c2ccc(Br)cc2)cc1Cl. The first kappa shape index (κ1) is 20.3. The third-order valence-corrected chi connectivity index (χ3v) is 4.59. The smallest absolute Gasteiger partial charge is 0.260 e. The van der Waals surface area contributed by atoms with Gasteiger partial charge in [-0.3, -0.25) is 9.59 Å². The first-order valence-corrected chi connectivity index (χ1v) is 9.38. The topological polar surface area (TPSA) is 58.6 Å². The van der Waals surface area contributed by atoms with Crippen LogP contribution in [-0.4, -0.2) is 36.4 Å². The molecular weight excluding hydrogens is 420 g/mol. The normalized spacial score (nSPS) is 10.3. The zero-order chi connectivity index (χ0) is 19.1. The van der Waals surface area contributed by atoms with E-state index < -0.39 is 0 Å². The molecule has 0 unspecified atom stereocenters. The summed E-state index contributed by atoms with van der Waals surface area (Å²) in [5.74, 6) is 0.0615. The molecule has 0 fully saturated rings. The summed E-state index contributed by atoms with van der Waals surface area (Å²) in [6.45, 7) is 5.02. The number of anilines is 1. The molecule has 1 N–H and O–H groups in total. The third-order valence-electron chi connectivity index (χ3n) is 3.76. The van der Waals surface area contributed by atoms with E-state index in [9.17, 15) is 9.59 Å². The van der Waals surface area contributed by atoms with E-state index in [2.05, 4.69) is 21.2 Å². The average molecular weight is 440 g/mol. The van der Waals surface area contributed by atoms with E-state index >= 15 is 0 Å². The molecule has 0 bridgehead atoms. The predicted octanol–water partition coefficient (Wildman–Crippen LogP) is 4.60. The lowest BCUT2D eigenvalue weighted by molar-refractivity contribution is -0.132. The van der Waals surface area contributed by atoms with Gasteiger partial charge in [0.05, 0.1) is 5.02 Å². The Morgan fingerprint density at radius 3 is 2.35 bits per heavy atom. The van der Waals surface area contributed by atoms with Gasteiger partial charge in [0.1, 0.15) is 5.75 Å². The van der Waals surface area contributed by atoms with Crippen LogP contribution in [0.15, 0.2) is 46.9 Å². The highest BCUT2D eigenvalue weighted by molar-refractivity contribution is 9.10. The molecule has 0 atom stereocenters. The highest BCUT2D eigenvalue weighted by Gasteiger charge is 2.12. The standard InChI is InChI=1S/C19H20BrClN2O3/c1-3-23(4-2)18(24)12-26-17-10-9-15(11-16(17)21)22-19(25)13-5-7-14(20)8-6-13/h5-11H,3-4,12H2,1-2H3,(H,22,25). The summed E-state index contributed by atoms with van der Waals surface area (Å²) < 4.78 is 6.40. The summed E-state index contributed by atoms with van der Waals surface area (Å²) >= 11 is 9.53. The Kier molecular flexibility index (Phi) is 7.48. The first-order valence-electron chi connectivity index (χ1n) is 8.21. The minimum atomic E-state index is -0.237. The molecule has 7 heteroatoms. The van der Waals surface area contributed by atoms with Crippen LogP contribution in [0.5, 0.6) is 5.75 Å². The number of nitrogens with zero attached hydrogens (tertiary/aromatic N) is 1. The van der Waals surface area contributed by atoms with Crippen molar-refractivity contribution in [1.29, 1.82) is 0 Å². The summed E-state index contributed by atoms with van der Waals surface area (Å²) in [7, 11) is 0. The van der Waals surface area contributed by atoms with Crippen molar-refractivity contribution in [2.45, 2.75) is 13.8 Å². The zero-order valence-corrected chi connectivity index (χ0v) is 16.9. The van der Waals surface area contributed by atoms with E-state index in [4.69, 9.17) is 16.3 Å². The molecule has 2 rings (SSSR count). The number of rotatable bonds is 7. The Morgan fingerprint density at radius 1 is 1.12 bits per heavy atom. The number of carbonyl (C=O) groups excluding carboxylic acids is 2. The van der Waals surface area contributed by atoms with Crippen molar-refractivity contribution in [2.24, 2.45) is 0 Å². The highest BCUT2D eigenvalue weighted by atomic mass is 79.9.